The van der Waals surface area contributed by atoms with E-state index in [1.165, 1.54) is 6.08 Å². The number of amides is 1. The van der Waals surface area contributed by atoms with Gasteiger partial charge in [0, 0.05) is 12.0 Å². The van der Waals surface area contributed by atoms with Crippen molar-refractivity contribution in [3.63, 3.8) is 0 Å². The molecule has 1 unspecified atom stereocenters. The van der Waals surface area contributed by atoms with Gasteiger partial charge in [0.1, 0.15) is 6.04 Å². The molecule has 0 aliphatic carbocycles. The highest BCUT2D eigenvalue weighted by atomic mass is 31.2. The summed E-state index contributed by atoms with van der Waals surface area (Å²) in [6.07, 6.45) is 1.33. The molecule has 1 atom stereocenters. The Morgan fingerprint density at radius 3 is 2.12 bits per heavy atom. The quantitative estimate of drug-likeness (QED) is 0.135. The van der Waals surface area contributed by atoms with Crippen LogP contribution < -0.4 is 5.32 Å². The van der Waals surface area contributed by atoms with Crippen LogP contribution in [0.25, 0.3) is 0 Å². The summed E-state index contributed by atoms with van der Waals surface area (Å²) in [4.78, 5) is 35.9. The highest BCUT2D eigenvalue weighted by Gasteiger charge is 2.30. The van der Waals surface area contributed by atoms with E-state index in [9.17, 15) is 18.9 Å². The second-order valence-electron chi connectivity index (χ2n) is 7.71. The Bertz CT molecular complexity index is 807. The first-order valence-electron chi connectivity index (χ1n) is 10.7. The van der Waals surface area contributed by atoms with Crippen molar-refractivity contribution in [2.24, 2.45) is 0 Å². The molecule has 0 saturated heterocycles. The molecule has 1 aromatic rings. The minimum atomic E-state index is -3.59. The number of esters is 1. The predicted molar refractivity (Wildman–Crippen MR) is 123 cm³/mol. The zero-order valence-corrected chi connectivity index (χ0v) is 20.3. The van der Waals surface area contributed by atoms with Gasteiger partial charge in [-0.05, 0) is 41.0 Å². The lowest BCUT2D eigenvalue weighted by atomic mass is 10.0. The number of rotatable bonds is 15. The number of ketones is 1. The number of hydrogen-bond donors (Lipinski definition) is 1. The van der Waals surface area contributed by atoms with Crippen LogP contribution in [0, 0.1) is 0 Å². The molecule has 0 heterocycles. The Labute approximate surface area is 190 Å². The molecule has 1 aromatic carbocycles. The minimum absolute atomic E-state index is 0.100. The van der Waals surface area contributed by atoms with E-state index in [1.54, 1.807) is 58.9 Å². The molecule has 8 nitrogen and oxygen atoms in total. The summed E-state index contributed by atoms with van der Waals surface area (Å²) in [6.45, 7) is 8.77. The Balaban J connectivity index is 3.21. The molecule has 178 valence electrons. The highest BCUT2D eigenvalue weighted by molar-refractivity contribution is 7.54. The normalized spacial score (nSPS) is 13.2. The summed E-state index contributed by atoms with van der Waals surface area (Å²) in [5.74, 6) is -0.757. The molecule has 0 aliphatic heterocycles. The Morgan fingerprint density at radius 1 is 1.03 bits per heavy atom. The SMILES string of the molecule is CCOC(=O)C(C=C(CCC(=O)c1ccccc1)CP(=O)(OC(C)C)OC(C)C)NC=O. The van der Waals surface area contributed by atoms with Gasteiger partial charge in [-0.2, -0.15) is 0 Å². The van der Waals surface area contributed by atoms with Gasteiger partial charge < -0.3 is 19.1 Å². The molecule has 0 spiro atoms. The second-order valence-corrected chi connectivity index (χ2v) is 9.67. The molecule has 32 heavy (non-hydrogen) atoms. The molecule has 0 aromatic heterocycles. The first-order valence-corrected chi connectivity index (χ1v) is 12.4. The molecule has 9 heteroatoms. The molecule has 0 aliphatic rings. The van der Waals surface area contributed by atoms with Crippen LogP contribution in [0.15, 0.2) is 42.0 Å². The maximum atomic E-state index is 13.4. The molecule has 0 radical (unpaired) electrons. The number of hydrogen-bond acceptors (Lipinski definition) is 7. The number of ether oxygens (including phenoxy) is 1. The molecule has 0 fully saturated rings. The van der Waals surface area contributed by atoms with Gasteiger partial charge in [0.25, 0.3) is 0 Å². The van der Waals surface area contributed by atoms with Crippen molar-refractivity contribution in [2.75, 3.05) is 12.8 Å². The Kier molecular flexibility index (Phi) is 12.1. The minimum Gasteiger partial charge on any atom is -0.464 e. The first-order chi connectivity index (χ1) is 15.1. The third-order valence-electron chi connectivity index (χ3n) is 4.10. The van der Waals surface area contributed by atoms with Crippen LogP contribution in [0.1, 0.15) is 57.8 Å². The first kappa shape index (κ1) is 27.8. The van der Waals surface area contributed by atoms with Crippen LogP contribution in [-0.4, -0.2) is 49.2 Å². The number of allylic oxidation sites excluding steroid dienone is 1. The van der Waals surface area contributed by atoms with E-state index in [0.29, 0.717) is 17.5 Å². The van der Waals surface area contributed by atoms with E-state index >= 15 is 0 Å². The van der Waals surface area contributed by atoms with Gasteiger partial charge in [-0.25, -0.2) is 4.79 Å². The third-order valence-corrected chi connectivity index (χ3v) is 6.38. The van der Waals surface area contributed by atoms with Crippen LogP contribution in [-0.2, 0) is 27.9 Å². The predicted octanol–water partition coefficient (Wildman–Crippen LogP) is 4.30. The topological polar surface area (TPSA) is 108 Å². The fourth-order valence-corrected chi connectivity index (χ4v) is 5.22. The molecule has 0 saturated carbocycles. The van der Waals surface area contributed by atoms with Crippen molar-refractivity contribution in [1.29, 1.82) is 0 Å². The maximum absolute atomic E-state index is 13.4. The lowest BCUT2D eigenvalue weighted by Gasteiger charge is -2.24. The van der Waals surface area contributed by atoms with Crippen LogP contribution in [0.4, 0.5) is 0 Å². The third kappa shape index (κ3) is 10.4. The summed E-state index contributed by atoms with van der Waals surface area (Å²) >= 11 is 0. The van der Waals surface area contributed by atoms with Crippen LogP contribution in [0.5, 0.6) is 0 Å². The Hall–Kier alpha value is -2.28. The molecular formula is C23H34NO7P. The summed E-state index contributed by atoms with van der Waals surface area (Å²) in [7, 11) is -3.59. The van der Waals surface area contributed by atoms with E-state index in [-0.39, 0.29) is 43.6 Å². The molecule has 0 bridgehead atoms. The van der Waals surface area contributed by atoms with Gasteiger partial charge in [-0.1, -0.05) is 42.0 Å². The van der Waals surface area contributed by atoms with Crippen molar-refractivity contribution in [3.05, 3.63) is 47.5 Å². The van der Waals surface area contributed by atoms with Gasteiger partial charge >= 0.3 is 13.6 Å². The largest absolute Gasteiger partial charge is 0.464 e. The fraction of sp³-hybridized carbons (Fsp3) is 0.522. The van der Waals surface area contributed by atoms with Crippen LogP contribution >= 0.6 is 7.60 Å². The highest BCUT2D eigenvalue weighted by Crippen LogP contribution is 2.52. The summed E-state index contributed by atoms with van der Waals surface area (Å²) in [6, 6.07) is 7.72. The molecule has 1 rings (SSSR count). The second kappa shape index (κ2) is 14.0. The average Bonchev–Trinajstić information content (AvgIpc) is 2.70. The molecule has 1 N–H and O–H groups in total. The van der Waals surface area contributed by atoms with Gasteiger partial charge in [-0.15, -0.1) is 0 Å². The number of benzene rings is 1. The number of Topliss-reactive ketones (excluding diaryl/α,β-unsaturated/α-hetero) is 1. The summed E-state index contributed by atoms with van der Waals surface area (Å²) < 4.78 is 29.7. The van der Waals surface area contributed by atoms with Crippen molar-refractivity contribution in [1.82, 2.24) is 5.32 Å². The lowest BCUT2D eigenvalue weighted by molar-refractivity contribution is -0.145. The van der Waals surface area contributed by atoms with Crippen molar-refractivity contribution < 1.29 is 32.7 Å². The molecule has 1 amide bonds. The van der Waals surface area contributed by atoms with E-state index in [4.69, 9.17) is 13.8 Å². The van der Waals surface area contributed by atoms with Gasteiger partial charge in [0.2, 0.25) is 6.41 Å². The van der Waals surface area contributed by atoms with Crippen LogP contribution in [0.3, 0.4) is 0 Å². The van der Waals surface area contributed by atoms with Crippen LogP contribution in [0.2, 0.25) is 0 Å². The smallest absolute Gasteiger partial charge is 0.335 e. The van der Waals surface area contributed by atoms with Gasteiger partial charge in [-0.3, -0.25) is 14.2 Å². The Morgan fingerprint density at radius 2 is 1.62 bits per heavy atom. The summed E-state index contributed by atoms with van der Waals surface area (Å²) in [5, 5.41) is 2.40. The van der Waals surface area contributed by atoms with E-state index in [0.717, 1.165) is 0 Å². The maximum Gasteiger partial charge on any atom is 0.335 e. The fourth-order valence-electron chi connectivity index (χ4n) is 2.97. The van der Waals surface area contributed by atoms with E-state index in [1.807, 2.05) is 6.07 Å². The zero-order chi connectivity index (χ0) is 24.1. The van der Waals surface area contributed by atoms with Crippen molar-refractivity contribution >= 4 is 25.8 Å². The van der Waals surface area contributed by atoms with Gasteiger partial charge in [0.15, 0.2) is 5.78 Å². The van der Waals surface area contributed by atoms with Crippen molar-refractivity contribution in [2.45, 2.75) is 65.7 Å². The average molecular weight is 467 g/mol. The lowest BCUT2D eigenvalue weighted by Crippen LogP contribution is -2.36. The number of nitrogens with one attached hydrogen (secondary N) is 1. The monoisotopic (exact) mass is 467 g/mol. The summed E-state index contributed by atoms with van der Waals surface area (Å²) in [5.41, 5.74) is 1.05. The molecular weight excluding hydrogens is 433 g/mol. The van der Waals surface area contributed by atoms with Crippen molar-refractivity contribution in [3.8, 4) is 0 Å². The van der Waals surface area contributed by atoms with E-state index in [2.05, 4.69) is 5.32 Å². The number of carbonyl (C=O) groups is 3. The standard InChI is InChI=1S/C23H34NO7P/c1-6-29-23(27)21(24-16-25)14-19(12-13-22(26)20-10-8-7-9-11-20)15-32(28,30-17(2)3)31-18(4)5/h7-11,14,16-18,21H,6,12-13,15H2,1-5H3,(H,24,25). The number of carbonyl (C=O) groups excluding carboxylic acids is 3. The van der Waals surface area contributed by atoms with Gasteiger partial charge in [0.05, 0.1) is 25.0 Å². The zero-order valence-electron chi connectivity index (χ0n) is 19.4. The van der Waals surface area contributed by atoms with E-state index < -0.39 is 19.6 Å².